The van der Waals surface area contributed by atoms with Crippen LogP contribution in [0.25, 0.3) is 22.5 Å². The standard InChI is InChI=1S/C32H35N3O3/c1-4-25(31(36)35-20-29(21-35)32(37)38)17-24-11-15-27(16-12-24)30-33-18-28(19-34-30)26-13-9-23(10-14-26)8-6-5-7-22(2)3/h1,9-16,18-19,22,25,29H,5-8,17,20-21H2,2-3H3,(H,37,38)/t25-/m0/s1. The molecule has 1 N–H and O–H groups in total. The second-order valence-corrected chi connectivity index (χ2v) is 10.5. The summed E-state index contributed by atoms with van der Waals surface area (Å²) < 4.78 is 0. The van der Waals surface area contributed by atoms with E-state index >= 15 is 0 Å². The largest absolute Gasteiger partial charge is 0.481 e. The van der Waals surface area contributed by atoms with Crippen LogP contribution in [0.4, 0.5) is 0 Å². The second kappa shape index (κ2) is 12.5. The Balaban J connectivity index is 1.32. The fraction of sp³-hybridized carbons (Fsp3) is 0.375. The van der Waals surface area contributed by atoms with Crippen LogP contribution in [0, 0.1) is 30.1 Å². The van der Waals surface area contributed by atoms with Crippen molar-refractivity contribution < 1.29 is 14.7 Å². The monoisotopic (exact) mass is 509 g/mol. The van der Waals surface area contributed by atoms with Crippen molar-refractivity contribution >= 4 is 11.9 Å². The SMILES string of the molecule is C#C[C@@H](Cc1ccc(-c2ncc(-c3ccc(CCCCC(C)C)cc3)cn2)cc1)C(=O)N1CC(C(=O)O)C1. The lowest BCUT2D eigenvalue weighted by Crippen LogP contribution is -2.54. The van der Waals surface area contributed by atoms with Gasteiger partial charge in [-0.15, -0.1) is 6.42 Å². The molecule has 0 bridgehead atoms. The van der Waals surface area contributed by atoms with Crippen LogP contribution >= 0.6 is 0 Å². The minimum absolute atomic E-state index is 0.188. The fourth-order valence-electron chi connectivity index (χ4n) is 4.65. The number of carboxylic acid groups (broad SMARTS) is 1. The van der Waals surface area contributed by atoms with Gasteiger partial charge in [-0.05, 0) is 41.9 Å². The van der Waals surface area contributed by atoms with E-state index in [2.05, 4.69) is 54.0 Å². The number of carboxylic acids is 1. The topological polar surface area (TPSA) is 83.4 Å². The summed E-state index contributed by atoms with van der Waals surface area (Å²) in [6.07, 6.45) is 14.6. The first-order chi connectivity index (χ1) is 18.3. The number of amides is 1. The number of aromatic nitrogens is 2. The van der Waals surface area contributed by atoms with Gasteiger partial charge in [-0.1, -0.05) is 81.1 Å². The zero-order valence-corrected chi connectivity index (χ0v) is 22.1. The Morgan fingerprint density at radius 1 is 0.947 bits per heavy atom. The number of aryl methyl sites for hydroxylation is 1. The van der Waals surface area contributed by atoms with Gasteiger partial charge in [0.1, 0.15) is 5.92 Å². The van der Waals surface area contributed by atoms with Crippen molar-refractivity contribution in [2.75, 3.05) is 13.1 Å². The lowest BCUT2D eigenvalue weighted by molar-refractivity contribution is -0.153. The molecule has 196 valence electrons. The molecular formula is C32H35N3O3. The van der Waals surface area contributed by atoms with Gasteiger partial charge in [0, 0.05) is 36.6 Å². The molecule has 0 spiro atoms. The Labute approximate surface area is 225 Å². The molecule has 3 aromatic rings. The number of unbranched alkanes of at least 4 members (excludes halogenated alkanes) is 1. The number of terminal acetylenes is 1. The molecule has 1 saturated heterocycles. The van der Waals surface area contributed by atoms with Gasteiger partial charge in [0.05, 0.1) is 5.92 Å². The highest BCUT2D eigenvalue weighted by molar-refractivity contribution is 5.85. The molecule has 0 aliphatic carbocycles. The molecule has 1 fully saturated rings. The Morgan fingerprint density at radius 2 is 1.55 bits per heavy atom. The van der Waals surface area contributed by atoms with Crippen molar-refractivity contribution in [1.82, 2.24) is 14.9 Å². The maximum atomic E-state index is 12.6. The zero-order valence-electron chi connectivity index (χ0n) is 22.1. The number of hydrogen-bond acceptors (Lipinski definition) is 4. The van der Waals surface area contributed by atoms with E-state index in [0.29, 0.717) is 12.2 Å². The fourth-order valence-corrected chi connectivity index (χ4v) is 4.65. The molecule has 1 aliphatic heterocycles. The number of hydrogen-bond donors (Lipinski definition) is 1. The summed E-state index contributed by atoms with van der Waals surface area (Å²) in [4.78, 5) is 34.3. The Morgan fingerprint density at radius 3 is 2.13 bits per heavy atom. The van der Waals surface area contributed by atoms with Crippen molar-refractivity contribution in [3.05, 3.63) is 72.1 Å². The van der Waals surface area contributed by atoms with E-state index in [1.165, 1.54) is 29.7 Å². The van der Waals surface area contributed by atoms with E-state index in [-0.39, 0.29) is 19.0 Å². The molecule has 0 saturated carbocycles. The molecule has 0 radical (unpaired) electrons. The summed E-state index contributed by atoms with van der Waals surface area (Å²) in [6, 6.07) is 16.4. The normalized spacial score (nSPS) is 14.1. The van der Waals surface area contributed by atoms with Crippen LogP contribution in [0.15, 0.2) is 60.9 Å². The number of nitrogens with zero attached hydrogens (tertiary/aromatic N) is 3. The van der Waals surface area contributed by atoms with Crippen molar-refractivity contribution in [2.45, 2.75) is 46.0 Å². The molecule has 1 amide bonds. The first-order valence-corrected chi connectivity index (χ1v) is 13.3. The smallest absolute Gasteiger partial charge is 0.310 e. The summed E-state index contributed by atoms with van der Waals surface area (Å²) in [7, 11) is 0. The Kier molecular flexibility index (Phi) is 8.91. The second-order valence-electron chi connectivity index (χ2n) is 10.5. The number of carbonyl (C=O) groups excluding carboxylic acids is 1. The van der Waals surface area contributed by atoms with Crippen LogP contribution in [0.5, 0.6) is 0 Å². The van der Waals surface area contributed by atoms with Crippen LogP contribution in [0.2, 0.25) is 0 Å². The Hall–Kier alpha value is -3.98. The molecule has 2 aromatic carbocycles. The number of likely N-dealkylation sites (tertiary alicyclic amines) is 1. The van der Waals surface area contributed by atoms with E-state index in [9.17, 15) is 9.59 Å². The lowest BCUT2D eigenvalue weighted by atomic mass is 9.93. The van der Waals surface area contributed by atoms with Crippen LogP contribution < -0.4 is 0 Å². The van der Waals surface area contributed by atoms with Crippen molar-refractivity contribution in [1.29, 1.82) is 0 Å². The quantitative estimate of drug-likeness (QED) is 0.272. The van der Waals surface area contributed by atoms with E-state index in [4.69, 9.17) is 11.5 Å². The van der Waals surface area contributed by atoms with Crippen molar-refractivity contribution in [3.63, 3.8) is 0 Å². The van der Waals surface area contributed by atoms with Crippen molar-refractivity contribution in [2.24, 2.45) is 17.8 Å². The molecule has 1 atom stereocenters. The highest BCUT2D eigenvalue weighted by Crippen LogP contribution is 2.24. The van der Waals surface area contributed by atoms with Gasteiger partial charge in [-0.25, -0.2) is 9.97 Å². The average Bonchev–Trinajstić information content (AvgIpc) is 2.89. The van der Waals surface area contributed by atoms with Crippen LogP contribution in [0.3, 0.4) is 0 Å². The minimum Gasteiger partial charge on any atom is -0.481 e. The molecule has 2 heterocycles. The summed E-state index contributed by atoms with van der Waals surface area (Å²) in [5, 5.41) is 9.02. The molecule has 1 aliphatic rings. The van der Waals surface area contributed by atoms with Crippen molar-refractivity contribution in [3.8, 4) is 34.9 Å². The van der Waals surface area contributed by atoms with Crippen LogP contribution in [0.1, 0.15) is 44.2 Å². The summed E-state index contributed by atoms with van der Waals surface area (Å²) >= 11 is 0. The van der Waals surface area contributed by atoms with E-state index in [1.807, 2.05) is 36.7 Å². The van der Waals surface area contributed by atoms with Gasteiger partial charge in [-0.3, -0.25) is 9.59 Å². The molecule has 0 unspecified atom stereocenters. The van der Waals surface area contributed by atoms with Gasteiger partial charge in [0.15, 0.2) is 5.82 Å². The third kappa shape index (κ3) is 6.86. The summed E-state index contributed by atoms with van der Waals surface area (Å²) in [5.41, 5.74) is 5.25. The number of carbonyl (C=O) groups is 2. The molecular weight excluding hydrogens is 474 g/mol. The number of benzene rings is 2. The molecule has 6 nitrogen and oxygen atoms in total. The first-order valence-electron chi connectivity index (χ1n) is 13.3. The zero-order chi connectivity index (χ0) is 27.1. The van der Waals surface area contributed by atoms with Gasteiger partial charge in [-0.2, -0.15) is 0 Å². The number of rotatable bonds is 11. The first kappa shape index (κ1) is 27.1. The maximum absolute atomic E-state index is 12.6. The summed E-state index contributed by atoms with van der Waals surface area (Å²) in [5.74, 6) is 1.79. The van der Waals surface area contributed by atoms with E-state index in [1.54, 1.807) is 0 Å². The summed E-state index contributed by atoms with van der Waals surface area (Å²) in [6.45, 7) is 4.99. The van der Waals surface area contributed by atoms with Crippen LogP contribution in [-0.2, 0) is 22.4 Å². The van der Waals surface area contributed by atoms with E-state index < -0.39 is 17.8 Å². The molecule has 38 heavy (non-hydrogen) atoms. The predicted molar refractivity (Wildman–Crippen MR) is 149 cm³/mol. The molecule has 4 rings (SSSR count). The van der Waals surface area contributed by atoms with Crippen LogP contribution in [-0.4, -0.2) is 44.9 Å². The predicted octanol–water partition coefficient (Wildman–Crippen LogP) is 5.51. The van der Waals surface area contributed by atoms with Gasteiger partial charge in [0.25, 0.3) is 0 Å². The number of aliphatic carboxylic acids is 1. The van der Waals surface area contributed by atoms with Gasteiger partial charge in [0.2, 0.25) is 5.91 Å². The molecule has 6 heteroatoms. The third-order valence-electron chi connectivity index (χ3n) is 7.13. The average molecular weight is 510 g/mol. The highest BCUT2D eigenvalue weighted by atomic mass is 16.4. The highest BCUT2D eigenvalue weighted by Gasteiger charge is 2.37. The van der Waals surface area contributed by atoms with Gasteiger partial charge >= 0.3 is 5.97 Å². The molecule has 1 aromatic heterocycles. The third-order valence-corrected chi connectivity index (χ3v) is 7.13. The maximum Gasteiger partial charge on any atom is 0.310 e. The van der Waals surface area contributed by atoms with E-state index in [0.717, 1.165) is 34.6 Å². The lowest BCUT2D eigenvalue weighted by Gasteiger charge is -2.38. The van der Waals surface area contributed by atoms with Gasteiger partial charge < -0.3 is 10.0 Å². The minimum atomic E-state index is -0.877. The Bertz CT molecular complexity index is 1270.